The number of allylic oxidation sites excluding steroid dienone is 1. The molecule has 0 aromatic heterocycles. The summed E-state index contributed by atoms with van der Waals surface area (Å²) in [6.45, 7) is 1.95. The van der Waals surface area contributed by atoms with E-state index in [1.165, 1.54) is 6.08 Å². The third kappa shape index (κ3) is 4.74. The number of aryl methyl sites for hydroxylation is 1. The number of hydrogen-bond acceptors (Lipinski definition) is 4. The van der Waals surface area contributed by atoms with E-state index in [9.17, 15) is 9.59 Å². The molecule has 0 aliphatic carbocycles. The number of methoxy groups -OCH3 is 1. The van der Waals surface area contributed by atoms with Crippen molar-refractivity contribution in [3.05, 3.63) is 101 Å². The Morgan fingerprint density at radius 3 is 2.14 bits per heavy atom. The van der Waals surface area contributed by atoms with Crippen LogP contribution in [0.2, 0.25) is 0 Å². The molecular weight excluding hydrogens is 352 g/mol. The van der Waals surface area contributed by atoms with Crippen molar-refractivity contribution in [2.45, 2.75) is 6.92 Å². The highest BCUT2D eigenvalue weighted by molar-refractivity contribution is 6.07. The van der Waals surface area contributed by atoms with Gasteiger partial charge in [-0.3, -0.25) is 4.79 Å². The maximum absolute atomic E-state index is 12.4. The van der Waals surface area contributed by atoms with Crippen LogP contribution in [0.25, 0.3) is 6.08 Å². The van der Waals surface area contributed by atoms with Crippen LogP contribution in [0.1, 0.15) is 31.8 Å². The average molecular weight is 372 g/mol. The van der Waals surface area contributed by atoms with E-state index in [4.69, 9.17) is 9.47 Å². The molecule has 0 saturated heterocycles. The number of ether oxygens (including phenoxy) is 2. The standard InChI is InChI=1S/C24H20O4/c1-17-7-9-20(10-8-17)24(26)28-23-6-4-3-5-19(23)13-16-22(25)18-11-14-21(27-2)15-12-18/h3-16H,1-2H3. The molecule has 0 amide bonds. The summed E-state index contributed by atoms with van der Waals surface area (Å²) in [7, 11) is 1.57. The molecular formula is C24H20O4. The predicted molar refractivity (Wildman–Crippen MR) is 109 cm³/mol. The Hall–Kier alpha value is -3.66. The van der Waals surface area contributed by atoms with E-state index in [1.807, 2.05) is 25.1 Å². The maximum atomic E-state index is 12.4. The predicted octanol–water partition coefficient (Wildman–Crippen LogP) is 5.12. The first-order chi connectivity index (χ1) is 13.6. The zero-order chi connectivity index (χ0) is 19.9. The lowest BCUT2D eigenvalue weighted by molar-refractivity contribution is 0.0734. The van der Waals surface area contributed by atoms with Crippen LogP contribution in [0.3, 0.4) is 0 Å². The summed E-state index contributed by atoms with van der Waals surface area (Å²) in [4.78, 5) is 24.7. The topological polar surface area (TPSA) is 52.6 Å². The van der Waals surface area contributed by atoms with Crippen LogP contribution in [0.5, 0.6) is 11.5 Å². The Labute approximate surface area is 164 Å². The van der Waals surface area contributed by atoms with Gasteiger partial charge in [0.2, 0.25) is 0 Å². The highest BCUT2D eigenvalue weighted by Crippen LogP contribution is 2.21. The van der Waals surface area contributed by atoms with Crippen molar-refractivity contribution in [3.63, 3.8) is 0 Å². The van der Waals surface area contributed by atoms with Crippen molar-refractivity contribution in [2.24, 2.45) is 0 Å². The normalized spacial score (nSPS) is 10.6. The van der Waals surface area contributed by atoms with Gasteiger partial charge in [-0.15, -0.1) is 0 Å². The number of benzene rings is 3. The highest BCUT2D eigenvalue weighted by atomic mass is 16.5. The second kappa shape index (κ2) is 8.82. The third-order valence-corrected chi connectivity index (χ3v) is 4.20. The Kier molecular flexibility index (Phi) is 6.02. The fraction of sp³-hybridized carbons (Fsp3) is 0.0833. The van der Waals surface area contributed by atoms with E-state index < -0.39 is 5.97 Å². The minimum atomic E-state index is -0.442. The van der Waals surface area contributed by atoms with E-state index in [0.717, 1.165) is 5.56 Å². The van der Waals surface area contributed by atoms with Crippen LogP contribution in [0.4, 0.5) is 0 Å². The van der Waals surface area contributed by atoms with Crippen LogP contribution in [0.15, 0.2) is 78.9 Å². The molecule has 140 valence electrons. The summed E-state index contributed by atoms with van der Waals surface area (Å²) in [5.41, 5.74) is 2.73. The lowest BCUT2D eigenvalue weighted by Gasteiger charge is -2.07. The van der Waals surface area contributed by atoms with Crippen molar-refractivity contribution in [1.29, 1.82) is 0 Å². The maximum Gasteiger partial charge on any atom is 0.343 e. The van der Waals surface area contributed by atoms with Crippen molar-refractivity contribution in [3.8, 4) is 11.5 Å². The summed E-state index contributed by atoms with van der Waals surface area (Å²) < 4.78 is 10.6. The quantitative estimate of drug-likeness (QED) is 0.261. The van der Waals surface area contributed by atoms with Gasteiger partial charge in [0.15, 0.2) is 5.78 Å². The van der Waals surface area contributed by atoms with Gasteiger partial charge in [-0.2, -0.15) is 0 Å². The molecule has 28 heavy (non-hydrogen) atoms. The molecule has 0 N–H and O–H groups in total. The molecule has 3 aromatic rings. The highest BCUT2D eigenvalue weighted by Gasteiger charge is 2.10. The van der Waals surface area contributed by atoms with Crippen molar-refractivity contribution in [1.82, 2.24) is 0 Å². The molecule has 0 fully saturated rings. The number of hydrogen-bond donors (Lipinski definition) is 0. The molecule has 4 heteroatoms. The molecule has 0 heterocycles. The number of para-hydroxylation sites is 1. The minimum absolute atomic E-state index is 0.151. The van der Waals surface area contributed by atoms with Crippen LogP contribution >= 0.6 is 0 Å². The fourth-order valence-corrected chi connectivity index (χ4v) is 2.58. The molecule has 0 saturated carbocycles. The van der Waals surface area contributed by atoms with Gasteiger partial charge in [-0.25, -0.2) is 4.79 Å². The Bertz CT molecular complexity index is 1000. The number of esters is 1. The molecule has 0 radical (unpaired) electrons. The van der Waals surface area contributed by atoms with Gasteiger partial charge in [0, 0.05) is 11.1 Å². The molecule has 0 spiro atoms. The van der Waals surface area contributed by atoms with E-state index in [-0.39, 0.29) is 5.78 Å². The third-order valence-electron chi connectivity index (χ3n) is 4.20. The van der Waals surface area contributed by atoms with Crippen LogP contribution in [-0.4, -0.2) is 18.9 Å². The minimum Gasteiger partial charge on any atom is -0.497 e. The molecule has 0 bridgehead atoms. The first-order valence-corrected chi connectivity index (χ1v) is 8.81. The summed E-state index contributed by atoms with van der Waals surface area (Å²) in [5, 5.41) is 0. The van der Waals surface area contributed by atoms with Gasteiger partial charge in [-0.1, -0.05) is 35.9 Å². The largest absolute Gasteiger partial charge is 0.497 e. The first-order valence-electron chi connectivity index (χ1n) is 8.81. The number of carbonyl (C=O) groups is 2. The number of ketones is 1. The van der Waals surface area contributed by atoms with E-state index in [2.05, 4.69) is 0 Å². The van der Waals surface area contributed by atoms with Gasteiger partial charge in [0.1, 0.15) is 11.5 Å². The molecule has 0 atom stereocenters. The van der Waals surface area contributed by atoms with Crippen molar-refractivity contribution < 1.29 is 19.1 Å². The van der Waals surface area contributed by atoms with Crippen LogP contribution < -0.4 is 9.47 Å². The molecule has 4 nitrogen and oxygen atoms in total. The van der Waals surface area contributed by atoms with Crippen molar-refractivity contribution in [2.75, 3.05) is 7.11 Å². The van der Waals surface area contributed by atoms with Gasteiger partial charge in [0.05, 0.1) is 12.7 Å². The van der Waals surface area contributed by atoms with Crippen LogP contribution in [-0.2, 0) is 0 Å². The summed E-state index contributed by atoms with van der Waals surface area (Å²) in [6.07, 6.45) is 3.10. The lowest BCUT2D eigenvalue weighted by Crippen LogP contribution is -2.09. The van der Waals surface area contributed by atoms with Gasteiger partial charge < -0.3 is 9.47 Å². The van der Waals surface area contributed by atoms with Crippen LogP contribution in [0, 0.1) is 6.92 Å². The van der Waals surface area contributed by atoms with E-state index in [1.54, 1.807) is 67.8 Å². The summed E-state index contributed by atoms with van der Waals surface area (Å²) in [6, 6.07) is 21.1. The number of carbonyl (C=O) groups excluding carboxylic acids is 2. The fourth-order valence-electron chi connectivity index (χ4n) is 2.58. The van der Waals surface area contributed by atoms with Gasteiger partial charge in [-0.05, 0) is 61.5 Å². The molecule has 3 rings (SSSR count). The molecule has 0 unspecified atom stereocenters. The summed E-state index contributed by atoms with van der Waals surface area (Å²) >= 11 is 0. The second-order valence-corrected chi connectivity index (χ2v) is 6.22. The average Bonchev–Trinajstić information content (AvgIpc) is 2.73. The zero-order valence-corrected chi connectivity index (χ0v) is 15.7. The summed E-state index contributed by atoms with van der Waals surface area (Å²) in [5.74, 6) is 0.491. The Morgan fingerprint density at radius 2 is 1.46 bits per heavy atom. The molecule has 3 aromatic carbocycles. The Balaban J connectivity index is 1.75. The number of rotatable bonds is 6. The lowest BCUT2D eigenvalue weighted by atomic mass is 10.1. The van der Waals surface area contributed by atoms with Gasteiger partial charge >= 0.3 is 5.97 Å². The molecule has 0 aliphatic rings. The first kappa shape index (κ1) is 19.1. The monoisotopic (exact) mass is 372 g/mol. The SMILES string of the molecule is COc1ccc(C(=O)C=Cc2ccccc2OC(=O)c2ccc(C)cc2)cc1. The van der Waals surface area contributed by atoms with E-state index >= 15 is 0 Å². The van der Waals surface area contributed by atoms with Crippen molar-refractivity contribution >= 4 is 17.8 Å². The smallest absolute Gasteiger partial charge is 0.343 e. The van der Waals surface area contributed by atoms with Gasteiger partial charge in [0.25, 0.3) is 0 Å². The Morgan fingerprint density at radius 1 is 0.821 bits per heavy atom. The zero-order valence-electron chi connectivity index (χ0n) is 15.7. The molecule has 0 aliphatic heterocycles. The van der Waals surface area contributed by atoms with E-state index in [0.29, 0.717) is 28.2 Å². The second-order valence-electron chi connectivity index (χ2n) is 6.22.